The Morgan fingerprint density at radius 3 is 2.52 bits per heavy atom. The van der Waals surface area contributed by atoms with Gasteiger partial charge in [-0.2, -0.15) is 5.10 Å². The Balaban J connectivity index is 1.72. The van der Waals surface area contributed by atoms with Crippen molar-refractivity contribution in [2.75, 3.05) is 5.43 Å². The van der Waals surface area contributed by atoms with Crippen LogP contribution in [-0.4, -0.2) is 10.7 Å². The third-order valence-electron chi connectivity index (χ3n) is 3.23. The molecule has 23 heavy (non-hydrogen) atoms. The lowest BCUT2D eigenvalue weighted by Gasteiger charge is -2.01. The van der Waals surface area contributed by atoms with E-state index in [0.29, 0.717) is 5.13 Å². The summed E-state index contributed by atoms with van der Waals surface area (Å²) in [5.74, 6) is -0.256. The van der Waals surface area contributed by atoms with E-state index in [1.807, 2.05) is 36.6 Å². The number of hydrogen-bond acceptors (Lipinski definition) is 4. The maximum atomic E-state index is 12.9. The van der Waals surface area contributed by atoms with Gasteiger partial charge in [-0.1, -0.05) is 40.2 Å². The monoisotopic (exact) mass is 389 g/mol. The van der Waals surface area contributed by atoms with Crippen LogP contribution in [-0.2, 0) is 0 Å². The molecular formula is C17H13BrFN3S. The molecule has 1 aromatic heterocycles. The van der Waals surface area contributed by atoms with Gasteiger partial charge in [-0.25, -0.2) is 9.37 Å². The van der Waals surface area contributed by atoms with E-state index in [9.17, 15) is 4.39 Å². The summed E-state index contributed by atoms with van der Waals surface area (Å²) >= 11 is 4.91. The quantitative estimate of drug-likeness (QED) is 0.469. The van der Waals surface area contributed by atoms with Crippen molar-refractivity contribution in [2.24, 2.45) is 5.10 Å². The van der Waals surface area contributed by atoms with Crippen LogP contribution >= 0.6 is 27.3 Å². The second kappa shape index (κ2) is 7.02. The zero-order valence-electron chi connectivity index (χ0n) is 12.3. The van der Waals surface area contributed by atoms with Gasteiger partial charge in [-0.3, -0.25) is 5.43 Å². The lowest BCUT2D eigenvalue weighted by atomic mass is 10.1. The number of rotatable bonds is 4. The van der Waals surface area contributed by atoms with E-state index in [1.165, 1.54) is 23.5 Å². The SMILES string of the molecule is C/C(=N/Nc1nc(-c2ccc(Br)cc2)cs1)c1ccc(F)cc1. The molecule has 2 aromatic carbocycles. The van der Waals surface area contributed by atoms with Crippen LogP contribution in [0.5, 0.6) is 0 Å². The highest BCUT2D eigenvalue weighted by Gasteiger charge is 2.04. The number of benzene rings is 2. The standard InChI is InChI=1S/C17H13BrFN3S/c1-11(12-4-8-15(19)9-5-12)21-22-17-20-16(10-23-17)13-2-6-14(18)7-3-13/h2-10H,1H3,(H,20,22)/b21-11-. The van der Waals surface area contributed by atoms with E-state index in [-0.39, 0.29) is 5.82 Å². The Kier molecular flexibility index (Phi) is 4.83. The minimum absolute atomic E-state index is 0.256. The number of anilines is 1. The molecule has 0 aliphatic carbocycles. The van der Waals surface area contributed by atoms with Gasteiger partial charge < -0.3 is 0 Å². The number of aromatic nitrogens is 1. The molecular weight excluding hydrogens is 377 g/mol. The maximum absolute atomic E-state index is 12.9. The first-order chi connectivity index (χ1) is 11.1. The molecule has 0 spiro atoms. The zero-order valence-corrected chi connectivity index (χ0v) is 14.7. The fourth-order valence-corrected chi connectivity index (χ4v) is 2.89. The van der Waals surface area contributed by atoms with Gasteiger partial charge >= 0.3 is 0 Å². The third kappa shape index (κ3) is 4.03. The van der Waals surface area contributed by atoms with E-state index in [0.717, 1.165) is 27.0 Å². The number of nitrogens with zero attached hydrogens (tertiary/aromatic N) is 2. The van der Waals surface area contributed by atoms with Crippen molar-refractivity contribution in [1.29, 1.82) is 0 Å². The first-order valence-electron chi connectivity index (χ1n) is 6.89. The molecule has 0 fully saturated rings. The second-order valence-corrected chi connectivity index (χ2v) is 6.63. The fraction of sp³-hybridized carbons (Fsp3) is 0.0588. The van der Waals surface area contributed by atoms with Crippen molar-refractivity contribution in [1.82, 2.24) is 4.98 Å². The molecule has 1 N–H and O–H groups in total. The highest BCUT2D eigenvalue weighted by Crippen LogP contribution is 2.26. The maximum Gasteiger partial charge on any atom is 0.203 e. The molecule has 0 atom stereocenters. The van der Waals surface area contributed by atoms with Gasteiger partial charge in [0.1, 0.15) is 5.82 Å². The van der Waals surface area contributed by atoms with E-state index in [4.69, 9.17) is 0 Å². The first kappa shape index (κ1) is 15.8. The van der Waals surface area contributed by atoms with Crippen LogP contribution in [0.2, 0.25) is 0 Å². The summed E-state index contributed by atoms with van der Waals surface area (Å²) in [6.45, 7) is 1.86. The molecule has 0 bridgehead atoms. The van der Waals surface area contributed by atoms with Crippen molar-refractivity contribution in [3.63, 3.8) is 0 Å². The molecule has 3 rings (SSSR count). The van der Waals surface area contributed by atoms with Crippen molar-refractivity contribution >= 4 is 38.1 Å². The number of nitrogens with one attached hydrogen (secondary N) is 1. The van der Waals surface area contributed by atoms with Crippen molar-refractivity contribution in [3.05, 3.63) is 69.8 Å². The summed E-state index contributed by atoms with van der Waals surface area (Å²) in [5, 5.41) is 6.99. The van der Waals surface area contributed by atoms with E-state index < -0.39 is 0 Å². The predicted molar refractivity (Wildman–Crippen MR) is 97.5 cm³/mol. The molecule has 0 amide bonds. The average molecular weight is 390 g/mol. The van der Waals surface area contributed by atoms with Gasteiger partial charge in [-0.05, 0) is 36.8 Å². The first-order valence-corrected chi connectivity index (χ1v) is 8.57. The van der Waals surface area contributed by atoms with Crippen molar-refractivity contribution in [2.45, 2.75) is 6.92 Å². The van der Waals surface area contributed by atoms with Crippen LogP contribution in [0.25, 0.3) is 11.3 Å². The van der Waals surface area contributed by atoms with Crippen molar-refractivity contribution < 1.29 is 4.39 Å². The Labute approximate surface area is 146 Å². The molecule has 3 aromatic rings. The summed E-state index contributed by atoms with van der Waals surface area (Å²) in [7, 11) is 0. The van der Waals surface area contributed by atoms with Crippen LogP contribution < -0.4 is 5.43 Å². The van der Waals surface area contributed by atoms with Gasteiger partial charge in [0.25, 0.3) is 0 Å². The number of halogens is 2. The van der Waals surface area contributed by atoms with Crippen molar-refractivity contribution in [3.8, 4) is 11.3 Å². The van der Waals surface area contributed by atoms with E-state index in [1.54, 1.807) is 12.1 Å². The van der Waals surface area contributed by atoms with E-state index >= 15 is 0 Å². The molecule has 0 aliphatic heterocycles. The molecule has 1 heterocycles. The van der Waals surface area contributed by atoms with Gasteiger partial charge in [-0.15, -0.1) is 11.3 Å². The molecule has 3 nitrogen and oxygen atoms in total. The van der Waals surface area contributed by atoms with Crippen LogP contribution in [0.4, 0.5) is 9.52 Å². The predicted octanol–water partition coefficient (Wildman–Crippen LogP) is 5.55. The summed E-state index contributed by atoms with van der Waals surface area (Å²) < 4.78 is 14.0. The second-order valence-electron chi connectivity index (χ2n) is 4.86. The molecule has 0 saturated carbocycles. The normalized spacial score (nSPS) is 11.5. The third-order valence-corrected chi connectivity index (χ3v) is 4.50. The Bertz CT molecular complexity index is 826. The fourth-order valence-electron chi connectivity index (χ4n) is 1.97. The van der Waals surface area contributed by atoms with Gasteiger partial charge in [0, 0.05) is 15.4 Å². The zero-order chi connectivity index (χ0) is 16.2. The lowest BCUT2D eigenvalue weighted by molar-refractivity contribution is 0.628. The van der Waals surface area contributed by atoms with E-state index in [2.05, 4.69) is 31.4 Å². The van der Waals surface area contributed by atoms with Crippen LogP contribution in [0.3, 0.4) is 0 Å². The summed E-state index contributed by atoms with van der Waals surface area (Å²) in [6, 6.07) is 14.2. The largest absolute Gasteiger partial charge is 0.252 e. The Hall–Kier alpha value is -2.05. The number of hydrogen-bond donors (Lipinski definition) is 1. The highest BCUT2D eigenvalue weighted by atomic mass is 79.9. The minimum Gasteiger partial charge on any atom is -0.252 e. The lowest BCUT2D eigenvalue weighted by Crippen LogP contribution is -1.99. The molecule has 6 heteroatoms. The Morgan fingerprint density at radius 1 is 1.13 bits per heavy atom. The highest BCUT2D eigenvalue weighted by molar-refractivity contribution is 9.10. The molecule has 0 saturated heterocycles. The number of thiazole rings is 1. The molecule has 116 valence electrons. The topological polar surface area (TPSA) is 37.3 Å². The van der Waals surface area contributed by atoms with Crippen LogP contribution in [0.15, 0.2) is 63.5 Å². The summed E-state index contributed by atoms with van der Waals surface area (Å²) in [6.07, 6.45) is 0. The van der Waals surface area contributed by atoms with Gasteiger partial charge in [0.2, 0.25) is 5.13 Å². The smallest absolute Gasteiger partial charge is 0.203 e. The molecule has 0 radical (unpaired) electrons. The summed E-state index contributed by atoms with van der Waals surface area (Å²) in [4.78, 5) is 4.51. The van der Waals surface area contributed by atoms with Crippen LogP contribution in [0.1, 0.15) is 12.5 Å². The van der Waals surface area contributed by atoms with Gasteiger partial charge in [0.05, 0.1) is 11.4 Å². The van der Waals surface area contributed by atoms with Crippen LogP contribution in [0, 0.1) is 5.82 Å². The number of hydrazone groups is 1. The molecule has 0 aliphatic rings. The minimum atomic E-state index is -0.256. The van der Waals surface area contributed by atoms with Gasteiger partial charge in [0.15, 0.2) is 0 Å². The average Bonchev–Trinajstić information content (AvgIpc) is 3.03. The molecule has 0 unspecified atom stereocenters. The Morgan fingerprint density at radius 2 is 1.83 bits per heavy atom. The summed E-state index contributed by atoms with van der Waals surface area (Å²) in [5.41, 5.74) is 6.54.